The van der Waals surface area contributed by atoms with Crippen LogP contribution in [-0.4, -0.2) is 20.8 Å². The van der Waals surface area contributed by atoms with Gasteiger partial charge in [-0.25, -0.2) is 0 Å². The Balaban J connectivity index is 2.57. The summed E-state index contributed by atoms with van der Waals surface area (Å²) in [6.45, 7) is 2.89. The molecule has 0 fully saturated rings. The van der Waals surface area contributed by atoms with Crippen LogP contribution < -0.4 is 14.8 Å². The van der Waals surface area contributed by atoms with E-state index in [9.17, 15) is 0 Å². The van der Waals surface area contributed by atoms with Crippen molar-refractivity contribution in [2.75, 3.05) is 20.8 Å². The molecule has 21 heavy (non-hydrogen) atoms. The van der Waals surface area contributed by atoms with Crippen molar-refractivity contribution >= 4 is 11.6 Å². The molecule has 0 saturated carbocycles. The first-order valence-corrected chi connectivity index (χ1v) is 7.28. The minimum absolute atomic E-state index is 0.0419. The predicted octanol–water partition coefficient (Wildman–Crippen LogP) is 4.06. The summed E-state index contributed by atoms with van der Waals surface area (Å²) in [5.41, 5.74) is 2.05. The highest BCUT2D eigenvalue weighted by atomic mass is 35.5. The van der Waals surface area contributed by atoms with Crippen molar-refractivity contribution in [1.29, 1.82) is 0 Å². The van der Waals surface area contributed by atoms with Crippen molar-refractivity contribution < 1.29 is 9.47 Å². The number of hydrogen-bond acceptors (Lipinski definition) is 3. The molecular formula is C17H20ClNO2. The van der Waals surface area contributed by atoms with Gasteiger partial charge in [-0.15, -0.1) is 0 Å². The van der Waals surface area contributed by atoms with Crippen LogP contribution in [-0.2, 0) is 0 Å². The summed E-state index contributed by atoms with van der Waals surface area (Å²) in [7, 11) is 3.33. The summed E-state index contributed by atoms with van der Waals surface area (Å²) in [6.07, 6.45) is 0. The van der Waals surface area contributed by atoms with E-state index in [1.807, 2.05) is 42.5 Å². The first kappa shape index (κ1) is 15.7. The van der Waals surface area contributed by atoms with E-state index in [1.165, 1.54) is 0 Å². The van der Waals surface area contributed by atoms with Gasteiger partial charge < -0.3 is 14.8 Å². The molecule has 1 N–H and O–H groups in total. The molecule has 0 aliphatic carbocycles. The Kier molecular flexibility index (Phi) is 5.48. The fraction of sp³-hybridized carbons (Fsp3) is 0.294. The topological polar surface area (TPSA) is 30.5 Å². The van der Waals surface area contributed by atoms with Crippen LogP contribution in [0.1, 0.15) is 24.1 Å². The quantitative estimate of drug-likeness (QED) is 0.873. The molecule has 1 unspecified atom stereocenters. The molecule has 3 nitrogen and oxygen atoms in total. The van der Waals surface area contributed by atoms with E-state index in [1.54, 1.807) is 14.2 Å². The van der Waals surface area contributed by atoms with E-state index in [-0.39, 0.29) is 6.04 Å². The lowest BCUT2D eigenvalue weighted by molar-refractivity contribution is 0.377. The Morgan fingerprint density at radius 1 is 1.05 bits per heavy atom. The molecule has 0 amide bonds. The fourth-order valence-corrected chi connectivity index (χ4v) is 2.64. The maximum atomic E-state index is 6.13. The van der Waals surface area contributed by atoms with Gasteiger partial charge in [-0.1, -0.05) is 36.7 Å². The Labute approximate surface area is 130 Å². The minimum Gasteiger partial charge on any atom is -0.496 e. The average molecular weight is 306 g/mol. The van der Waals surface area contributed by atoms with Crippen molar-refractivity contribution in [3.05, 3.63) is 58.6 Å². The van der Waals surface area contributed by atoms with Gasteiger partial charge in [0.05, 0.1) is 25.8 Å². The number of nitrogens with one attached hydrogen (secondary N) is 1. The van der Waals surface area contributed by atoms with E-state index >= 15 is 0 Å². The highest BCUT2D eigenvalue weighted by Gasteiger charge is 2.22. The number of benzene rings is 2. The van der Waals surface area contributed by atoms with Crippen LogP contribution in [0, 0.1) is 0 Å². The van der Waals surface area contributed by atoms with Gasteiger partial charge in [-0.2, -0.15) is 0 Å². The Bertz CT molecular complexity index is 579. The number of hydrogen-bond donors (Lipinski definition) is 1. The first-order chi connectivity index (χ1) is 10.2. The van der Waals surface area contributed by atoms with Crippen molar-refractivity contribution in [2.45, 2.75) is 13.0 Å². The molecule has 0 saturated heterocycles. The standard InChI is InChI=1S/C17H20ClNO2/c1-4-19-17(12-7-5-8-13(18)11-12)16-14(20-2)9-6-10-15(16)21-3/h5-11,17,19H,4H2,1-3H3. The summed E-state index contributed by atoms with van der Waals surface area (Å²) in [5.74, 6) is 1.58. The summed E-state index contributed by atoms with van der Waals surface area (Å²) in [4.78, 5) is 0. The van der Waals surface area contributed by atoms with Crippen LogP contribution in [0.5, 0.6) is 11.5 Å². The van der Waals surface area contributed by atoms with Crippen LogP contribution in [0.15, 0.2) is 42.5 Å². The summed E-state index contributed by atoms with van der Waals surface area (Å²) in [6, 6.07) is 13.6. The molecular weight excluding hydrogens is 286 g/mol. The number of rotatable bonds is 6. The molecule has 0 aliphatic rings. The van der Waals surface area contributed by atoms with Crippen LogP contribution in [0.25, 0.3) is 0 Å². The molecule has 4 heteroatoms. The molecule has 2 rings (SSSR count). The van der Waals surface area contributed by atoms with E-state index < -0.39 is 0 Å². The van der Waals surface area contributed by atoms with Crippen LogP contribution >= 0.6 is 11.6 Å². The van der Waals surface area contributed by atoms with Gasteiger partial charge in [0.1, 0.15) is 11.5 Å². The van der Waals surface area contributed by atoms with Crippen LogP contribution in [0.4, 0.5) is 0 Å². The van der Waals surface area contributed by atoms with E-state index in [4.69, 9.17) is 21.1 Å². The highest BCUT2D eigenvalue weighted by molar-refractivity contribution is 6.30. The third-order valence-corrected chi connectivity index (χ3v) is 3.58. The Morgan fingerprint density at radius 3 is 2.19 bits per heavy atom. The molecule has 0 heterocycles. The zero-order valence-corrected chi connectivity index (χ0v) is 13.3. The largest absolute Gasteiger partial charge is 0.496 e. The number of methoxy groups -OCH3 is 2. The van der Waals surface area contributed by atoms with Gasteiger partial charge in [-0.3, -0.25) is 0 Å². The van der Waals surface area contributed by atoms with Crippen LogP contribution in [0.2, 0.25) is 5.02 Å². The molecule has 0 bridgehead atoms. The molecule has 0 radical (unpaired) electrons. The van der Waals surface area contributed by atoms with E-state index in [0.717, 1.165) is 29.2 Å². The number of ether oxygens (including phenoxy) is 2. The third-order valence-electron chi connectivity index (χ3n) is 3.34. The molecule has 0 spiro atoms. The fourth-order valence-electron chi connectivity index (χ4n) is 2.44. The smallest absolute Gasteiger partial charge is 0.127 e. The first-order valence-electron chi connectivity index (χ1n) is 6.91. The lowest BCUT2D eigenvalue weighted by Crippen LogP contribution is -2.23. The van der Waals surface area contributed by atoms with Gasteiger partial charge in [-0.05, 0) is 36.4 Å². The molecule has 0 aromatic heterocycles. The minimum atomic E-state index is -0.0419. The van der Waals surface area contributed by atoms with E-state index in [0.29, 0.717) is 5.02 Å². The van der Waals surface area contributed by atoms with Gasteiger partial charge in [0.15, 0.2) is 0 Å². The molecule has 0 aliphatic heterocycles. The van der Waals surface area contributed by atoms with Crippen molar-refractivity contribution in [3.63, 3.8) is 0 Å². The maximum Gasteiger partial charge on any atom is 0.127 e. The van der Waals surface area contributed by atoms with Crippen molar-refractivity contribution in [3.8, 4) is 11.5 Å². The zero-order chi connectivity index (χ0) is 15.2. The summed E-state index contributed by atoms with van der Waals surface area (Å²) >= 11 is 6.13. The predicted molar refractivity (Wildman–Crippen MR) is 86.5 cm³/mol. The second-order valence-corrected chi connectivity index (χ2v) is 5.06. The zero-order valence-electron chi connectivity index (χ0n) is 12.5. The SMILES string of the molecule is CCNC(c1cccc(Cl)c1)c1c(OC)cccc1OC. The lowest BCUT2D eigenvalue weighted by Gasteiger charge is -2.23. The second-order valence-electron chi connectivity index (χ2n) is 4.62. The van der Waals surface area contributed by atoms with Gasteiger partial charge in [0, 0.05) is 5.02 Å². The van der Waals surface area contributed by atoms with Crippen molar-refractivity contribution in [2.24, 2.45) is 0 Å². The third kappa shape index (κ3) is 3.49. The number of halogens is 1. The normalized spacial score (nSPS) is 12.0. The Morgan fingerprint density at radius 2 is 1.67 bits per heavy atom. The lowest BCUT2D eigenvalue weighted by atomic mass is 9.96. The monoisotopic (exact) mass is 305 g/mol. The van der Waals surface area contributed by atoms with Crippen molar-refractivity contribution in [1.82, 2.24) is 5.32 Å². The maximum absolute atomic E-state index is 6.13. The van der Waals surface area contributed by atoms with Gasteiger partial charge in [0.2, 0.25) is 0 Å². The Hall–Kier alpha value is -1.71. The van der Waals surface area contributed by atoms with Crippen LogP contribution in [0.3, 0.4) is 0 Å². The van der Waals surface area contributed by atoms with Gasteiger partial charge >= 0.3 is 0 Å². The molecule has 1 atom stereocenters. The van der Waals surface area contributed by atoms with E-state index in [2.05, 4.69) is 12.2 Å². The molecule has 112 valence electrons. The second kappa shape index (κ2) is 7.34. The molecule has 2 aromatic rings. The summed E-state index contributed by atoms with van der Waals surface area (Å²) in [5, 5.41) is 4.19. The highest BCUT2D eigenvalue weighted by Crippen LogP contribution is 2.37. The summed E-state index contributed by atoms with van der Waals surface area (Å²) < 4.78 is 11.0. The average Bonchev–Trinajstić information content (AvgIpc) is 2.52. The molecule has 2 aromatic carbocycles. The van der Waals surface area contributed by atoms with Gasteiger partial charge in [0.25, 0.3) is 0 Å².